The maximum Gasteiger partial charge on any atom is 0.228 e. The van der Waals surface area contributed by atoms with Crippen LogP contribution in [0, 0.1) is 17.8 Å². The molecule has 3 amide bonds. The van der Waals surface area contributed by atoms with Gasteiger partial charge < -0.3 is 15.5 Å². The SMILES string of the molecule is O=C1CC(C(=O)N2CC3CCC(C2)C3NC(=O)CCCCc2ccccc2)CN1. The first-order valence-electron chi connectivity index (χ1n) is 11.0. The van der Waals surface area contributed by atoms with Gasteiger partial charge in [0.15, 0.2) is 0 Å². The minimum Gasteiger partial charge on any atom is -0.355 e. The molecule has 2 saturated heterocycles. The average molecular weight is 398 g/mol. The molecule has 0 spiro atoms. The molecule has 1 aromatic rings. The van der Waals surface area contributed by atoms with Crippen LogP contribution in [-0.4, -0.2) is 48.3 Å². The summed E-state index contributed by atoms with van der Waals surface area (Å²) in [5.74, 6) is 0.696. The first-order valence-corrected chi connectivity index (χ1v) is 11.0. The predicted octanol–water partition coefficient (Wildman–Crippen LogP) is 1.89. The number of hydrogen-bond donors (Lipinski definition) is 2. The van der Waals surface area contributed by atoms with E-state index in [2.05, 4.69) is 34.9 Å². The standard InChI is InChI=1S/C23H31N3O3/c27-20(9-5-4-8-16-6-2-1-3-7-16)25-22-17-10-11-18(22)15-26(14-17)23(29)19-12-21(28)24-13-19/h1-3,6-7,17-19,22H,4-5,8-15H2,(H,24,28)(H,25,27). The second-order valence-electron chi connectivity index (χ2n) is 8.83. The highest BCUT2D eigenvalue weighted by Crippen LogP contribution is 2.37. The van der Waals surface area contributed by atoms with Crippen molar-refractivity contribution in [2.24, 2.45) is 17.8 Å². The molecule has 6 nitrogen and oxygen atoms in total. The largest absolute Gasteiger partial charge is 0.355 e. The minimum atomic E-state index is -0.211. The lowest BCUT2D eigenvalue weighted by Gasteiger charge is -2.39. The zero-order valence-electron chi connectivity index (χ0n) is 16.9. The Morgan fingerprint density at radius 2 is 1.79 bits per heavy atom. The van der Waals surface area contributed by atoms with Gasteiger partial charge in [0.25, 0.3) is 0 Å². The molecule has 0 aromatic heterocycles. The second-order valence-corrected chi connectivity index (χ2v) is 8.83. The van der Waals surface area contributed by atoms with Gasteiger partial charge in [-0.1, -0.05) is 30.3 Å². The number of hydrogen-bond acceptors (Lipinski definition) is 3. The van der Waals surface area contributed by atoms with Crippen molar-refractivity contribution >= 4 is 17.7 Å². The first-order chi connectivity index (χ1) is 14.1. The Morgan fingerprint density at radius 3 is 2.45 bits per heavy atom. The highest BCUT2D eigenvalue weighted by Gasteiger charge is 2.45. The van der Waals surface area contributed by atoms with Crippen molar-refractivity contribution in [3.8, 4) is 0 Å². The van der Waals surface area contributed by atoms with E-state index in [9.17, 15) is 14.4 Å². The monoisotopic (exact) mass is 397 g/mol. The Kier molecular flexibility index (Phi) is 6.16. The Labute approximate surface area is 172 Å². The van der Waals surface area contributed by atoms with E-state index in [-0.39, 0.29) is 29.7 Å². The number of unbranched alkanes of at least 4 members (excludes halogenated alkanes) is 1. The fourth-order valence-corrected chi connectivity index (χ4v) is 5.19. The summed E-state index contributed by atoms with van der Waals surface area (Å²) >= 11 is 0. The van der Waals surface area contributed by atoms with Crippen LogP contribution in [-0.2, 0) is 20.8 Å². The molecule has 0 radical (unpaired) electrons. The van der Waals surface area contributed by atoms with Gasteiger partial charge in [-0.2, -0.15) is 0 Å². The highest BCUT2D eigenvalue weighted by molar-refractivity contribution is 5.89. The molecule has 29 heavy (non-hydrogen) atoms. The molecule has 3 aliphatic rings. The van der Waals surface area contributed by atoms with Crippen molar-refractivity contribution in [2.45, 2.75) is 51.0 Å². The number of rotatable bonds is 7. The third-order valence-corrected chi connectivity index (χ3v) is 6.76. The molecular weight excluding hydrogens is 366 g/mol. The fourth-order valence-electron chi connectivity index (χ4n) is 5.19. The van der Waals surface area contributed by atoms with Gasteiger partial charge in [0.05, 0.1) is 5.92 Å². The summed E-state index contributed by atoms with van der Waals surface area (Å²) in [5, 5.41) is 6.03. The number of carbonyl (C=O) groups is 3. The van der Waals surface area contributed by atoms with Crippen LogP contribution >= 0.6 is 0 Å². The van der Waals surface area contributed by atoms with Gasteiger partial charge in [0.2, 0.25) is 17.7 Å². The van der Waals surface area contributed by atoms with Gasteiger partial charge in [0.1, 0.15) is 0 Å². The van der Waals surface area contributed by atoms with Crippen molar-refractivity contribution in [3.63, 3.8) is 0 Å². The van der Waals surface area contributed by atoms with Crippen LogP contribution in [0.2, 0.25) is 0 Å². The Bertz CT molecular complexity index is 737. The van der Waals surface area contributed by atoms with Gasteiger partial charge in [-0.15, -0.1) is 0 Å². The van der Waals surface area contributed by atoms with E-state index >= 15 is 0 Å². The zero-order valence-corrected chi connectivity index (χ0v) is 16.9. The Hall–Kier alpha value is -2.37. The van der Waals surface area contributed by atoms with Gasteiger partial charge in [-0.25, -0.2) is 0 Å². The summed E-state index contributed by atoms with van der Waals surface area (Å²) in [6, 6.07) is 10.6. The second kappa shape index (κ2) is 8.97. The molecule has 1 aromatic carbocycles. The van der Waals surface area contributed by atoms with Crippen LogP contribution < -0.4 is 10.6 Å². The van der Waals surface area contributed by atoms with Crippen LogP contribution in [0.15, 0.2) is 30.3 Å². The summed E-state index contributed by atoms with van der Waals surface area (Å²) < 4.78 is 0. The van der Waals surface area contributed by atoms with Gasteiger partial charge in [-0.05, 0) is 49.5 Å². The molecule has 156 valence electrons. The highest BCUT2D eigenvalue weighted by atomic mass is 16.2. The third kappa shape index (κ3) is 4.80. The number of nitrogens with zero attached hydrogens (tertiary/aromatic N) is 1. The first kappa shape index (κ1) is 19.9. The minimum absolute atomic E-state index is 0.0271. The zero-order chi connectivity index (χ0) is 20.2. The number of piperidine rings is 1. The summed E-state index contributed by atoms with van der Waals surface area (Å²) in [5.41, 5.74) is 1.32. The predicted molar refractivity (Wildman–Crippen MR) is 110 cm³/mol. The van der Waals surface area contributed by atoms with Crippen molar-refractivity contribution in [3.05, 3.63) is 35.9 Å². The van der Waals surface area contributed by atoms with Gasteiger partial charge in [0, 0.05) is 38.5 Å². The number of fused-ring (bicyclic) bond motifs is 2. The summed E-state index contributed by atoms with van der Waals surface area (Å²) in [6.45, 7) is 1.88. The van der Waals surface area contributed by atoms with E-state index in [0.29, 0.717) is 44.3 Å². The van der Waals surface area contributed by atoms with Crippen LogP contribution in [0.25, 0.3) is 0 Å². The number of amides is 3. The molecule has 6 heteroatoms. The number of carbonyl (C=O) groups excluding carboxylic acids is 3. The van der Waals surface area contributed by atoms with Crippen molar-refractivity contribution in [1.82, 2.24) is 15.5 Å². The molecule has 3 atom stereocenters. The number of likely N-dealkylation sites (tertiary alicyclic amines) is 1. The van der Waals surface area contributed by atoms with E-state index < -0.39 is 0 Å². The van der Waals surface area contributed by atoms with Crippen LogP contribution in [0.5, 0.6) is 0 Å². The van der Waals surface area contributed by atoms with E-state index in [1.165, 1.54) is 5.56 Å². The molecule has 2 heterocycles. The Balaban J connectivity index is 1.21. The molecule has 1 saturated carbocycles. The maximum atomic E-state index is 12.7. The van der Waals surface area contributed by atoms with Gasteiger partial charge in [-0.3, -0.25) is 14.4 Å². The van der Waals surface area contributed by atoms with E-state index in [1.54, 1.807) is 0 Å². The molecule has 3 fully saturated rings. The molecule has 3 unspecified atom stereocenters. The van der Waals surface area contributed by atoms with Crippen LogP contribution in [0.3, 0.4) is 0 Å². The topological polar surface area (TPSA) is 78.5 Å². The molecular formula is C23H31N3O3. The lowest BCUT2D eigenvalue weighted by atomic mass is 9.90. The van der Waals surface area contributed by atoms with Crippen LogP contribution in [0.1, 0.15) is 44.1 Å². The molecule has 2 N–H and O–H groups in total. The molecule has 1 aliphatic carbocycles. The summed E-state index contributed by atoms with van der Waals surface area (Å²) in [6.07, 6.45) is 5.94. The lowest BCUT2D eigenvalue weighted by molar-refractivity contribution is -0.138. The van der Waals surface area contributed by atoms with Crippen LogP contribution in [0.4, 0.5) is 0 Å². The van der Waals surface area contributed by atoms with Crippen molar-refractivity contribution in [1.29, 1.82) is 0 Å². The summed E-state index contributed by atoms with van der Waals surface area (Å²) in [4.78, 5) is 38.6. The van der Waals surface area contributed by atoms with E-state index in [4.69, 9.17) is 0 Å². The number of nitrogens with one attached hydrogen (secondary N) is 2. The van der Waals surface area contributed by atoms with E-state index in [1.807, 2.05) is 11.0 Å². The van der Waals surface area contributed by atoms with E-state index in [0.717, 1.165) is 32.1 Å². The van der Waals surface area contributed by atoms with Crippen molar-refractivity contribution in [2.75, 3.05) is 19.6 Å². The lowest BCUT2D eigenvalue weighted by Crippen LogP contribution is -2.55. The molecule has 4 rings (SSSR count). The average Bonchev–Trinajstić information content (AvgIpc) is 3.24. The van der Waals surface area contributed by atoms with Crippen molar-refractivity contribution < 1.29 is 14.4 Å². The fraction of sp³-hybridized carbons (Fsp3) is 0.609. The number of aryl methyl sites for hydroxylation is 1. The Morgan fingerprint density at radius 1 is 1.07 bits per heavy atom. The number of benzene rings is 1. The molecule has 2 aliphatic heterocycles. The summed E-state index contributed by atoms with van der Waals surface area (Å²) in [7, 11) is 0. The quantitative estimate of drug-likeness (QED) is 0.690. The normalized spacial score (nSPS) is 28.3. The van der Waals surface area contributed by atoms with Gasteiger partial charge >= 0.3 is 0 Å². The molecule has 2 bridgehead atoms. The smallest absolute Gasteiger partial charge is 0.228 e. The third-order valence-electron chi connectivity index (χ3n) is 6.76. The maximum absolute atomic E-state index is 12.7.